The number of furan rings is 1. The molecule has 0 atom stereocenters. The summed E-state index contributed by atoms with van der Waals surface area (Å²) in [5.41, 5.74) is 0. The van der Waals surface area contributed by atoms with E-state index in [1.165, 1.54) is 12.8 Å². The lowest BCUT2D eigenvalue weighted by atomic mass is 10.4. The number of thioether (sulfide) groups is 1. The van der Waals surface area contributed by atoms with Crippen LogP contribution in [0.5, 0.6) is 0 Å². The third-order valence-electron chi connectivity index (χ3n) is 3.26. The lowest BCUT2D eigenvalue weighted by Gasteiger charge is -2.00. The number of aromatic nitrogens is 3. The van der Waals surface area contributed by atoms with Gasteiger partial charge in [-0.05, 0) is 31.9 Å². The van der Waals surface area contributed by atoms with E-state index in [9.17, 15) is 0 Å². The van der Waals surface area contributed by atoms with Crippen molar-refractivity contribution in [2.45, 2.75) is 43.3 Å². The van der Waals surface area contributed by atoms with Crippen LogP contribution in [-0.4, -0.2) is 20.8 Å². The molecule has 1 N–H and O–H groups in total. The van der Waals surface area contributed by atoms with E-state index in [0.717, 1.165) is 34.8 Å². The Bertz CT molecular complexity index is 559. The van der Waals surface area contributed by atoms with Gasteiger partial charge in [0, 0.05) is 13.1 Å². The smallest absolute Gasteiger partial charge is 0.191 e. The summed E-state index contributed by atoms with van der Waals surface area (Å²) in [4.78, 5) is 0. The van der Waals surface area contributed by atoms with Crippen molar-refractivity contribution in [2.24, 2.45) is 7.05 Å². The van der Waals surface area contributed by atoms with Crippen molar-refractivity contribution in [3.63, 3.8) is 0 Å². The van der Waals surface area contributed by atoms with E-state index in [2.05, 4.69) is 15.5 Å². The normalized spacial score (nSPS) is 15.1. The molecule has 19 heavy (non-hydrogen) atoms. The summed E-state index contributed by atoms with van der Waals surface area (Å²) in [6.45, 7) is 2.78. The van der Waals surface area contributed by atoms with Gasteiger partial charge >= 0.3 is 0 Å². The second-order valence-electron chi connectivity index (χ2n) is 4.90. The highest BCUT2D eigenvalue weighted by Gasteiger charge is 2.20. The highest BCUT2D eigenvalue weighted by molar-refractivity contribution is 7.98. The largest absolute Gasteiger partial charge is 0.464 e. The van der Waals surface area contributed by atoms with Crippen molar-refractivity contribution in [2.75, 3.05) is 0 Å². The van der Waals surface area contributed by atoms with Crippen molar-refractivity contribution >= 4 is 11.8 Å². The minimum Gasteiger partial charge on any atom is -0.464 e. The fourth-order valence-electron chi connectivity index (χ4n) is 1.78. The number of nitrogens with one attached hydrogen (secondary N) is 1. The van der Waals surface area contributed by atoms with E-state index in [0.29, 0.717) is 6.04 Å². The summed E-state index contributed by atoms with van der Waals surface area (Å²) < 4.78 is 7.78. The van der Waals surface area contributed by atoms with E-state index in [1.54, 1.807) is 11.8 Å². The van der Waals surface area contributed by atoms with E-state index < -0.39 is 0 Å². The molecule has 0 saturated heterocycles. The van der Waals surface area contributed by atoms with E-state index >= 15 is 0 Å². The highest BCUT2D eigenvalue weighted by atomic mass is 32.2. The average molecular weight is 278 g/mol. The van der Waals surface area contributed by atoms with Gasteiger partial charge in [0.2, 0.25) is 0 Å². The summed E-state index contributed by atoms with van der Waals surface area (Å²) in [6.07, 6.45) is 2.60. The Hall–Kier alpha value is -1.27. The van der Waals surface area contributed by atoms with Crippen molar-refractivity contribution in [1.29, 1.82) is 0 Å². The zero-order chi connectivity index (χ0) is 13.2. The topological polar surface area (TPSA) is 55.9 Å². The first-order valence-electron chi connectivity index (χ1n) is 6.52. The molecular weight excluding hydrogens is 260 g/mol. The molecule has 1 saturated carbocycles. The molecule has 0 aromatic carbocycles. The van der Waals surface area contributed by atoms with E-state index in [4.69, 9.17) is 4.42 Å². The zero-order valence-electron chi connectivity index (χ0n) is 11.2. The summed E-state index contributed by atoms with van der Waals surface area (Å²) in [6, 6.07) is 4.80. The second-order valence-corrected chi connectivity index (χ2v) is 5.84. The van der Waals surface area contributed by atoms with Crippen LogP contribution >= 0.6 is 11.8 Å². The van der Waals surface area contributed by atoms with Crippen LogP contribution in [0.2, 0.25) is 0 Å². The summed E-state index contributed by atoms with van der Waals surface area (Å²) >= 11 is 1.65. The fraction of sp³-hybridized carbons (Fsp3) is 0.538. The van der Waals surface area contributed by atoms with Crippen molar-refractivity contribution in [3.8, 4) is 0 Å². The lowest BCUT2D eigenvalue weighted by Crippen LogP contribution is -2.14. The van der Waals surface area contributed by atoms with Gasteiger partial charge in [-0.15, -0.1) is 10.2 Å². The molecule has 3 rings (SSSR count). The van der Waals surface area contributed by atoms with Gasteiger partial charge in [0.1, 0.15) is 17.3 Å². The molecule has 1 fully saturated rings. The molecule has 0 unspecified atom stereocenters. The SMILES string of the molecule is Cc1nnc(SCc2ccc(CNC3CC3)o2)n1C. The van der Waals surface area contributed by atoms with Crippen LogP contribution in [0.1, 0.15) is 30.2 Å². The Morgan fingerprint density at radius 3 is 2.84 bits per heavy atom. The molecule has 0 aliphatic heterocycles. The first-order chi connectivity index (χ1) is 9.22. The number of rotatable bonds is 6. The maximum Gasteiger partial charge on any atom is 0.191 e. The van der Waals surface area contributed by atoms with Gasteiger partial charge in [0.25, 0.3) is 0 Å². The molecule has 6 heteroatoms. The third kappa shape index (κ3) is 3.19. The van der Waals surface area contributed by atoms with Crippen LogP contribution in [0, 0.1) is 6.92 Å². The van der Waals surface area contributed by atoms with Gasteiger partial charge in [-0.25, -0.2) is 0 Å². The molecule has 2 heterocycles. The number of nitrogens with zero attached hydrogens (tertiary/aromatic N) is 3. The van der Waals surface area contributed by atoms with E-state index in [1.807, 2.05) is 30.7 Å². The van der Waals surface area contributed by atoms with Crippen LogP contribution in [0.15, 0.2) is 21.7 Å². The molecule has 0 spiro atoms. The van der Waals surface area contributed by atoms with Crippen LogP contribution in [-0.2, 0) is 19.3 Å². The number of hydrogen-bond donors (Lipinski definition) is 1. The Balaban J connectivity index is 1.53. The Morgan fingerprint density at radius 1 is 1.37 bits per heavy atom. The first kappa shape index (κ1) is 12.7. The fourth-order valence-corrected chi connectivity index (χ4v) is 2.63. The molecule has 0 radical (unpaired) electrons. The summed E-state index contributed by atoms with van der Waals surface area (Å²) in [5.74, 6) is 3.71. The molecule has 1 aliphatic carbocycles. The average Bonchev–Trinajstić information content (AvgIpc) is 3.05. The molecule has 2 aromatic heterocycles. The molecule has 0 amide bonds. The monoisotopic (exact) mass is 278 g/mol. The maximum absolute atomic E-state index is 5.79. The Kier molecular flexibility index (Phi) is 3.61. The first-order valence-corrected chi connectivity index (χ1v) is 7.50. The summed E-state index contributed by atoms with van der Waals surface area (Å²) in [5, 5.41) is 12.5. The molecule has 2 aromatic rings. The zero-order valence-corrected chi connectivity index (χ0v) is 12.0. The van der Waals surface area contributed by atoms with Gasteiger partial charge < -0.3 is 14.3 Å². The molecule has 5 nitrogen and oxygen atoms in total. The van der Waals surface area contributed by atoms with Crippen LogP contribution in [0.25, 0.3) is 0 Å². The molecular formula is C13H18N4OS. The predicted octanol–water partition coefficient (Wildman–Crippen LogP) is 2.26. The van der Waals surface area contributed by atoms with E-state index in [-0.39, 0.29) is 0 Å². The second kappa shape index (κ2) is 5.38. The van der Waals surface area contributed by atoms with Crippen molar-refractivity contribution in [3.05, 3.63) is 29.5 Å². The highest BCUT2D eigenvalue weighted by Crippen LogP contribution is 2.23. The Labute approximate surface area is 116 Å². The van der Waals surface area contributed by atoms with Crippen LogP contribution < -0.4 is 5.32 Å². The molecule has 0 bridgehead atoms. The Morgan fingerprint density at radius 2 is 2.16 bits per heavy atom. The van der Waals surface area contributed by atoms with Gasteiger partial charge in [-0.2, -0.15) is 0 Å². The number of aryl methyl sites for hydroxylation is 1. The van der Waals surface area contributed by atoms with Crippen molar-refractivity contribution < 1.29 is 4.42 Å². The van der Waals surface area contributed by atoms with Gasteiger partial charge in [0.15, 0.2) is 5.16 Å². The van der Waals surface area contributed by atoms with Gasteiger partial charge in [-0.3, -0.25) is 0 Å². The molecule has 102 valence electrons. The quantitative estimate of drug-likeness (QED) is 0.821. The lowest BCUT2D eigenvalue weighted by molar-refractivity contribution is 0.458. The predicted molar refractivity (Wildman–Crippen MR) is 73.9 cm³/mol. The standard InChI is InChI=1S/C13H18N4OS/c1-9-15-16-13(17(9)2)19-8-12-6-5-11(18-12)7-14-10-3-4-10/h5-6,10,14H,3-4,7-8H2,1-2H3. The number of hydrogen-bond acceptors (Lipinski definition) is 5. The maximum atomic E-state index is 5.79. The van der Waals surface area contributed by atoms with Crippen LogP contribution in [0.3, 0.4) is 0 Å². The van der Waals surface area contributed by atoms with Crippen LogP contribution in [0.4, 0.5) is 0 Å². The molecule has 1 aliphatic rings. The van der Waals surface area contributed by atoms with Crippen molar-refractivity contribution in [1.82, 2.24) is 20.1 Å². The third-order valence-corrected chi connectivity index (χ3v) is 4.30. The van der Waals surface area contributed by atoms with Gasteiger partial charge in [0.05, 0.1) is 12.3 Å². The minimum atomic E-state index is 0.713. The summed E-state index contributed by atoms with van der Waals surface area (Å²) in [7, 11) is 1.98. The minimum absolute atomic E-state index is 0.713. The van der Waals surface area contributed by atoms with Gasteiger partial charge in [-0.1, -0.05) is 11.8 Å².